The molecule has 0 aromatic rings. The summed E-state index contributed by atoms with van der Waals surface area (Å²) >= 11 is 0. The normalized spacial score (nSPS) is 30.4. The molecular formula is C13H27NO. The van der Waals surface area contributed by atoms with Crippen LogP contribution in [0, 0.1) is 11.3 Å². The van der Waals surface area contributed by atoms with E-state index < -0.39 is 0 Å². The third-order valence-corrected chi connectivity index (χ3v) is 3.35. The summed E-state index contributed by atoms with van der Waals surface area (Å²) in [6.45, 7) is 9.14. The molecule has 1 saturated carbocycles. The standard InChI is InChI=1S/C13H27NO/c1-11-8-12(10-13(2,3)9-11)14-6-5-7-15-4/h11-12,14H,5-10H2,1-4H3/t11-,12?/m0/s1. The van der Waals surface area contributed by atoms with Gasteiger partial charge in [-0.3, -0.25) is 0 Å². The van der Waals surface area contributed by atoms with E-state index in [0.29, 0.717) is 5.41 Å². The fraction of sp³-hybridized carbons (Fsp3) is 1.00. The summed E-state index contributed by atoms with van der Waals surface area (Å²) in [5, 5.41) is 3.66. The van der Waals surface area contributed by atoms with E-state index in [0.717, 1.165) is 31.5 Å². The van der Waals surface area contributed by atoms with Gasteiger partial charge in [0.1, 0.15) is 0 Å². The molecule has 0 aromatic carbocycles. The van der Waals surface area contributed by atoms with Gasteiger partial charge in [0.2, 0.25) is 0 Å². The Bertz CT molecular complexity index is 179. The summed E-state index contributed by atoms with van der Waals surface area (Å²) in [6, 6.07) is 0.723. The molecule has 15 heavy (non-hydrogen) atoms. The lowest BCUT2D eigenvalue weighted by Crippen LogP contribution is -2.40. The van der Waals surface area contributed by atoms with E-state index in [9.17, 15) is 0 Å². The van der Waals surface area contributed by atoms with E-state index in [1.807, 2.05) is 0 Å². The van der Waals surface area contributed by atoms with Crippen molar-refractivity contribution in [2.75, 3.05) is 20.3 Å². The quantitative estimate of drug-likeness (QED) is 0.709. The molecule has 1 fully saturated rings. The van der Waals surface area contributed by atoms with Crippen LogP contribution in [0.25, 0.3) is 0 Å². The molecule has 2 nitrogen and oxygen atoms in total. The van der Waals surface area contributed by atoms with Gasteiger partial charge in [-0.2, -0.15) is 0 Å². The molecule has 2 heteroatoms. The van der Waals surface area contributed by atoms with E-state index in [2.05, 4.69) is 26.1 Å². The van der Waals surface area contributed by atoms with Gasteiger partial charge in [-0.1, -0.05) is 20.8 Å². The van der Waals surface area contributed by atoms with Crippen molar-refractivity contribution < 1.29 is 4.74 Å². The Balaban J connectivity index is 2.23. The summed E-state index contributed by atoms with van der Waals surface area (Å²) in [6.07, 6.45) is 5.17. The fourth-order valence-electron chi connectivity index (χ4n) is 3.02. The first-order valence-electron chi connectivity index (χ1n) is 6.26. The average molecular weight is 213 g/mol. The Hall–Kier alpha value is -0.0800. The predicted octanol–water partition coefficient (Wildman–Crippen LogP) is 2.83. The maximum absolute atomic E-state index is 5.05. The van der Waals surface area contributed by atoms with E-state index >= 15 is 0 Å². The van der Waals surface area contributed by atoms with Crippen LogP contribution in [-0.4, -0.2) is 26.3 Å². The van der Waals surface area contributed by atoms with Crippen LogP contribution < -0.4 is 5.32 Å². The van der Waals surface area contributed by atoms with Crippen LogP contribution in [0.3, 0.4) is 0 Å². The van der Waals surface area contributed by atoms with Crippen molar-refractivity contribution in [1.82, 2.24) is 5.32 Å². The molecule has 0 saturated heterocycles. The summed E-state index contributed by atoms with van der Waals surface area (Å²) in [5.41, 5.74) is 0.524. The van der Waals surface area contributed by atoms with Crippen molar-refractivity contribution >= 4 is 0 Å². The minimum absolute atomic E-state index is 0.524. The molecule has 1 unspecified atom stereocenters. The highest BCUT2D eigenvalue weighted by Crippen LogP contribution is 2.38. The minimum Gasteiger partial charge on any atom is -0.385 e. The highest BCUT2D eigenvalue weighted by Gasteiger charge is 2.31. The summed E-state index contributed by atoms with van der Waals surface area (Å²) < 4.78 is 5.05. The molecule has 0 aliphatic heterocycles. The van der Waals surface area contributed by atoms with Gasteiger partial charge in [-0.25, -0.2) is 0 Å². The number of nitrogens with one attached hydrogen (secondary N) is 1. The maximum atomic E-state index is 5.05. The third-order valence-electron chi connectivity index (χ3n) is 3.35. The molecule has 2 atom stereocenters. The van der Waals surface area contributed by atoms with Gasteiger partial charge < -0.3 is 10.1 Å². The first kappa shape index (κ1) is 13.0. The predicted molar refractivity (Wildman–Crippen MR) is 65.1 cm³/mol. The SMILES string of the molecule is COCCCNC1C[C@H](C)CC(C)(C)C1. The number of methoxy groups -OCH3 is 1. The molecule has 90 valence electrons. The van der Waals surface area contributed by atoms with Gasteiger partial charge in [-0.05, 0) is 43.6 Å². The van der Waals surface area contributed by atoms with Crippen molar-refractivity contribution in [2.45, 2.75) is 52.5 Å². The molecule has 1 N–H and O–H groups in total. The van der Waals surface area contributed by atoms with Gasteiger partial charge >= 0.3 is 0 Å². The van der Waals surface area contributed by atoms with E-state index in [1.54, 1.807) is 7.11 Å². The first-order chi connectivity index (χ1) is 7.03. The Kier molecular flexibility index (Phi) is 5.07. The Morgan fingerprint density at radius 3 is 2.67 bits per heavy atom. The second-order valence-electron chi connectivity index (χ2n) is 5.91. The lowest BCUT2D eigenvalue weighted by Gasteiger charge is -2.39. The smallest absolute Gasteiger partial charge is 0.0474 e. The lowest BCUT2D eigenvalue weighted by molar-refractivity contribution is 0.146. The molecule has 0 radical (unpaired) electrons. The van der Waals surface area contributed by atoms with Crippen LogP contribution in [0.1, 0.15) is 46.5 Å². The molecule has 0 bridgehead atoms. The second-order valence-corrected chi connectivity index (χ2v) is 5.91. The van der Waals surface area contributed by atoms with Crippen LogP contribution in [0.2, 0.25) is 0 Å². The number of rotatable bonds is 5. The molecule has 1 aliphatic rings. The molecule has 1 rings (SSSR count). The topological polar surface area (TPSA) is 21.3 Å². The largest absolute Gasteiger partial charge is 0.385 e. The van der Waals surface area contributed by atoms with Crippen LogP contribution in [0.15, 0.2) is 0 Å². The molecular weight excluding hydrogens is 186 g/mol. The second kappa shape index (κ2) is 5.86. The summed E-state index contributed by atoms with van der Waals surface area (Å²) in [4.78, 5) is 0. The van der Waals surface area contributed by atoms with Crippen molar-refractivity contribution in [1.29, 1.82) is 0 Å². The zero-order chi connectivity index (χ0) is 11.3. The lowest BCUT2D eigenvalue weighted by atomic mass is 9.70. The van der Waals surface area contributed by atoms with E-state index in [1.165, 1.54) is 19.3 Å². The van der Waals surface area contributed by atoms with Gasteiger partial charge in [0, 0.05) is 19.8 Å². The van der Waals surface area contributed by atoms with Gasteiger partial charge in [0.05, 0.1) is 0 Å². The Morgan fingerprint density at radius 1 is 1.33 bits per heavy atom. The van der Waals surface area contributed by atoms with Crippen LogP contribution in [0.5, 0.6) is 0 Å². The molecule has 1 aliphatic carbocycles. The number of hydrogen-bond acceptors (Lipinski definition) is 2. The Morgan fingerprint density at radius 2 is 2.07 bits per heavy atom. The van der Waals surface area contributed by atoms with Crippen LogP contribution >= 0.6 is 0 Å². The molecule has 0 amide bonds. The van der Waals surface area contributed by atoms with Gasteiger partial charge in [0.15, 0.2) is 0 Å². The highest BCUT2D eigenvalue weighted by atomic mass is 16.5. The fourth-order valence-corrected chi connectivity index (χ4v) is 3.02. The van der Waals surface area contributed by atoms with Crippen molar-refractivity contribution in [2.24, 2.45) is 11.3 Å². The van der Waals surface area contributed by atoms with Crippen LogP contribution in [-0.2, 0) is 4.74 Å². The van der Waals surface area contributed by atoms with Gasteiger partial charge in [0.25, 0.3) is 0 Å². The van der Waals surface area contributed by atoms with Crippen molar-refractivity contribution in [3.63, 3.8) is 0 Å². The summed E-state index contributed by atoms with van der Waals surface area (Å²) in [7, 11) is 1.77. The maximum Gasteiger partial charge on any atom is 0.0474 e. The molecule has 0 aromatic heterocycles. The van der Waals surface area contributed by atoms with E-state index in [4.69, 9.17) is 4.74 Å². The molecule has 0 heterocycles. The Labute approximate surface area is 94.8 Å². The van der Waals surface area contributed by atoms with Crippen molar-refractivity contribution in [3.05, 3.63) is 0 Å². The molecule has 0 spiro atoms. The summed E-state index contributed by atoms with van der Waals surface area (Å²) in [5.74, 6) is 0.869. The average Bonchev–Trinajstić information content (AvgIpc) is 2.09. The van der Waals surface area contributed by atoms with E-state index in [-0.39, 0.29) is 0 Å². The highest BCUT2D eigenvalue weighted by molar-refractivity contribution is 4.86. The van der Waals surface area contributed by atoms with Gasteiger partial charge in [-0.15, -0.1) is 0 Å². The third kappa shape index (κ3) is 4.98. The van der Waals surface area contributed by atoms with Crippen LogP contribution in [0.4, 0.5) is 0 Å². The number of ether oxygens (including phenoxy) is 1. The minimum atomic E-state index is 0.524. The van der Waals surface area contributed by atoms with Crippen molar-refractivity contribution in [3.8, 4) is 0 Å². The number of hydrogen-bond donors (Lipinski definition) is 1. The zero-order valence-electron chi connectivity index (χ0n) is 10.8. The zero-order valence-corrected chi connectivity index (χ0v) is 10.8. The first-order valence-corrected chi connectivity index (χ1v) is 6.26. The monoisotopic (exact) mass is 213 g/mol.